The van der Waals surface area contributed by atoms with Gasteiger partial charge < -0.3 is 14.5 Å². The Morgan fingerprint density at radius 2 is 2.10 bits per heavy atom. The number of rotatable bonds is 7. The van der Waals surface area contributed by atoms with Gasteiger partial charge in [0.1, 0.15) is 6.04 Å². The molecule has 1 aromatic carbocycles. The van der Waals surface area contributed by atoms with Gasteiger partial charge in [0.05, 0.1) is 26.4 Å². The number of hydrogen-bond acceptors (Lipinski definition) is 7. The second-order valence-corrected chi connectivity index (χ2v) is 7.13. The van der Waals surface area contributed by atoms with E-state index in [-0.39, 0.29) is 11.6 Å². The smallest absolute Gasteiger partial charge is 0.253 e. The van der Waals surface area contributed by atoms with Gasteiger partial charge >= 0.3 is 0 Å². The number of tetrazole rings is 1. The van der Waals surface area contributed by atoms with Gasteiger partial charge in [0, 0.05) is 31.3 Å². The summed E-state index contributed by atoms with van der Waals surface area (Å²) in [4.78, 5) is 18.3. The van der Waals surface area contributed by atoms with Gasteiger partial charge in [-0.25, -0.2) is 4.68 Å². The highest BCUT2D eigenvalue weighted by Gasteiger charge is 2.31. The Bertz CT molecular complexity index is 1020. The van der Waals surface area contributed by atoms with E-state index in [4.69, 9.17) is 9.47 Å². The molecule has 0 spiro atoms. The normalized spacial score (nSPS) is 16.3. The van der Waals surface area contributed by atoms with E-state index in [0.29, 0.717) is 50.8 Å². The van der Waals surface area contributed by atoms with Crippen LogP contribution in [0.4, 0.5) is 0 Å². The van der Waals surface area contributed by atoms with Crippen molar-refractivity contribution in [2.75, 3.05) is 40.0 Å². The van der Waals surface area contributed by atoms with Gasteiger partial charge in [-0.05, 0) is 46.0 Å². The molecule has 0 radical (unpaired) electrons. The van der Waals surface area contributed by atoms with E-state index in [0.717, 1.165) is 17.3 Å². The van der Waals surface area contributed by atoms with E-state index < -0.39 is 0 Å². The Labute approximate surface area is 168 Å². The fourth-order valence-electron chi connectivity index (χ4n) is 3.78. The van der Waals surface area contributed by atoms with Gasteiger partial charge in [0.15, 0.2) is 5.82 Å². The third-order valence-electron chi connectivity index (χ3n) is 5.36. The number of aryl methyl sites for hydroxylation is 1. The maximum absolute atomic E-state index is 13.1. The lowest BCUT2D eigenvalue weighted by Gasteiger charge is -2.33. The van der Waals surface area contributed by atoms with Crippen molar-refractivity contribution in [3.05, 3.63) is 51.6 Å². The molecule has 4 rings (SSSR count). The standard InChI is InChI=1S/C20H26N6O3/c1-3-14-4-5-17-15(12-14)13-16(20(27)21-17)18(25-6-10-29-11-7-25)19-22-23-24-26(19)8-9-28-2/h4-5,12-13,18H,3,6-11H2,1-2H3,(H,21,27)/t18-/m0/s1. The van der Waals surface area contributed by atoms with Crippen LogP contribution in [-0.2, 0) is 22.4 Å². The molecule has 0 amide bonds. The Hall–Kier alpha value is -2.62. The summed E-state index contributed by atoms with van der Waals surface area (Å²) in [6.45, 7) is 5.76. The molecule has 9 nitrogen and oxygen atoms in total. The molecule has 1 saturated heterocycles. The molecular formula is C20H26N6O3. The van der Waals surface area contributed by atoms with Crippen molar-refractivity contribution in [2.45, 2.75) is 25.9 Å². The number of benzene rings is 1. The van der Waals surface area contributed by atoms with Crippen LogP contribution in [0.15, 0.2) is 29.1 Å². The predicted octanol–water partition coefficient (Wildman–Crippen LogP) is 1.15. The van der Waals surface area contributed by atoms with E-state index in [1.54, 1.807) is 11.8 Å². The zero-order valence-electron chi connectivity index (χ0n) is 16.8. The molecule has 0 saturated carbocycles. The summed E-state index contributed by atoms with van der Waals surface area (Å²) in [7, 11) is 1.64. The van der Waals surface area contributed by atoms with Crippen LogP contribution >= 0.6 is 0 Å². The van der Waals surface area contributed by atoms with Gasteiger partial charge in [0.2, 0.25) is 0 Å². The summed E-state index contributed by atoms with van der Waals surface area (Å²) in [6.07, 6.45) is 0.937. The van der Waals surface area contributed by atoms with E-state index >= 15 is 0 Å². The van der Waals surface area contributed by atoms with Crippen molar-refractivity contribution in [3.63, 3.8) is 0 Å². The zero-order valence-corrected chi connectivity index (χ0v) is 16.8. The number of hydrogen-bond donors (Lipinski definition) is 1. The van der Waals surface area contributed by atoms with Gasteiger partial charge in [-0.2, -0.15) is 0 Å². The second kappa shape index (κ2) is 8.81. The van der Waals surface area contributed by atoms with Crippen LogP contribution < -0.4 is 5.56 Å². The largest absolute Gasteiger partial charge is 0.383 e. The average Bonchev–Trinajstić information content (AvgIpc) is 3.21. The Kier molecular flexibility index (Phi) is 5.98. The van der Waals surface area contributed by atoms with Crippen molar-refractivity contribution < 1.29 is 9.47 Å². The molecule has 1 N–H and O–H groups in total. The minimum atomic E-state index is -0.357. The number of H-pyrrole nitrogens is 1. The quantitative estimate of drug-likeness (QED) is 0.637. The summed E-state index contributed by atoms with van der Waals surface area (Å²) >= 11 is 0. The maximum atomic E-state index is 13.1. The fourth-order valence-corrected chi connectivity index (χ4v) is 3.78. The second-order valence-electron chi connectivity index (χ2n) is 7.13. The Morgan fingerprint density at radius 3 is 2.86 bits per heavy atom. The maximum Gasteiger partial charge on any atom is 0.253 e. The lowest BCUT2D eigenvalue weighted by atomic mass is 10.0. The molecule has 1 aliphatic heterocycles. The Morgan fingerprint density at radius 1 is 1.28 bits per heavy atom. The summed E-state index contributed by atoms with van der Waals surface area (Å²) < 4.78 is 12.4. The predicted molar refractivity (Wildman–Crippen MR) is 108 cm³/mol. The summed E-state index contributed by atoms with van der Waals surface area (Å²) in [5.41, 5.74) is 2.57. The first-order valence-electron chi connectivity index (χ1n) is 9.94. The summed E-state index contributed by atoms with van der Waals surface area (Å²) in [5, 5.41) is 13.3. The molecule has 29 heavy (non-hydrogen) atoms. The molecule has 0 unspecified atom stereocenters. The van der Waals surface area contributed by atoms with Gasteiger partial charge in [-0.15, -0.1) is 5.10 Å². The van der Waals surface area contributed by atoms with Crippen molar-refractivity contribution in [1.82, 2.24) is 30.1 Å². The molecule has 154 valence electrons. The number of nitrogens with one attached hydrogen (secondary N) is 1. The summed E-state index contributed by atoms with van der Waals surface area (Å²) in [6, 6.07) is 7.75. The lowest BCUT2D eigenvalue weighted by Crippen LogP contribution is -2.42. The average molecular weight is 398 g/mol. The minimum Gasteiger partial charge on any atom is -0.383 e. The summed E-state index contributed by atoms with van der Waals surface area (Å²) in [5.74, 6) is 0.639. The molecule has 3 aromatic rings. The lowest BCUT2D eigenvalue weighted by molar-refractivity contribution is 0.0211. The third-order valence-corrected chi connectivity index (χ3v) is 5.36. The van der Waals surface area contributed by atoms with Crippen LogP contribution in [0.25, 0.3) is 10.9 Å². The minimum absolute atomic E-state index is 0.125. The number of ether oxygens (including phenoxy) is 2. The zero-order chi connectivity index (χ0) is 20.2. The van der Waals surface area contributed by atoms with Crippen LogP contribution in [0.5, 0.6) is 0 Å². The number of methoxy groups -OCH3 is 1. The van der Waals surface area contributed by atoms with E-state index in [1.165, 1.54) is 5.56 Å². The molecule has 0 aliphatic carbocycles. The van der Waals surface area contributed by atoms with Gasteiger partial charge in [-0.3, -0.25) is 9.69 Å². The SMILES string of the molecule is CCc1ccc2[nH]c(=O)c([C@@H](c3nnnn3CCOC)N3CCOCC3)cc2c1. The highest BCUT2D eigenvalue weighted by atomic mass is 16.5. The van der Waals surface area contributed by atoms with Crippen LogP contribution in [0.1, 0.15) is 29.9 Å². The number of aromatic nitrogens is 5. The topological polar surface area (TPSA) is 98.2 Å². The molecule has 2 aromatic heterocycles. The molecule has 1 fully saturated rings. The van der Waals surface area contributed by atoms with Crippen LogP contribution in [0.3, 0.4) is 0 Å². The van der Waals surface area contributed by atoms with E-state index in [1.807, 2.05) is 18.2 Å². The number of morpholine rings is 1. The first-order valence-corrected chi connectivity index (χ1v) is 9.94. The van der Waals surface area contributed by atoms with E-state index in [9.17, 15) is 4.79 Å². The van der Waals surface area contributed by atoms with Crippen molar-refractivity contribution in [1.29, 1.82) is 0 Å². The number of aromatic amines is 1. The molecule has 0 bridgehead atoms. The monoisotopic (exact) mass is 398 g/mol. The number of fused-ring (bicyclic) bond motifs is 1. The molecule has 1 atom stereocenters. The molecular weight excluding hydrogens is 372 g/mol. The fraction of sp³-hybridized carbons (Fsp3) is 0.500. The van der Waals surface area contributed by atoms with Crippen LogP contribution in [0, 0.1) is 0 Å². The third kappa shape index (κ3) is 4.07. The number of pyridine rings is 1. The van der Waals surface area contributed by atoms with Crippen LogP contribution in [-0.4, -0.2) is 70.1 Å². The van der Waals surface area contributed by atoms with Gasteiger partial charge in [-0.1, -0.05) is 13.0 Å². The van der Waals surface area contributed by atoms with Crippen molar-refractivity contribution in [2.24, 2.45) is 0 Å². The van der Waals surface area contributed by atoms with Crippen molar-refractivity contribution >= 4 is 10.9 Å². The number of nitrogens with zero attached hydrogens (tertiary/aromatic N) is 5. The molecule has 3 heterocycles. The van der Waals surface area contributed by atoms with Crippen molar-refractivity contribution in [3.8, 4) is 0 Å². The molecule has 9 heteroatoms. The highest BCUT2D eigenvalue weighted by molar-refractivity contribution is 5.80. The first-order chi connectivity index (χ1) is 14.2. The van der Waals surface area contributed by atoms with Crippen LogP contribution in [0.2, 0.25) is 0 Å². The first kappa shape index (κ1) is 19.7. The van der Waals surface area contributed by atoms with Gasteiger partial charge in [0.25, 0.3) is 5.56 Å². The Balaban J connectivity index is 1.83. The molecule has 1 aliphatic rings. The van der Waals surface area contributed by atoms with E-state index in [2.05, 4.69) is 38.4 Å². The highest BCUT2D eigenvalue weighted by Crippen LogP contribution is 2.27.